The third-order valence-electron chi connectivity index (χ3n) is 2.42. The molecule has 6 heteroatoms. The first-order chi connectivity index (χ1) is 8.43. The summed E-state index contributed by atoms with van der Waals surface area (Å²) in [5, 5.41) is 7.31. The number of hydrogen-bond donors (Lipinski definition) is 1. The van der Waals surface area contributed by atoms with Gasteiger partial charge in [-0.1, -0.05) is 11.6 Å². The first-order valence-corrected chi connectivity index (χ1v) is 6.40. The van der Waals surface area contributed by atoms with Crippen LogP contribution in [0.5, 0.6) is 0 Å². The van der Waals surface area contributed by atoms with Crippen LogP contribution in [0.2, 0.25) is 5.02 Å². The van der Waals surface area contributed by atoms with Crippen LogP contribution in [0.1, 0.15) is 36.5 Å². The zero-order valence-electron chi connectivity index (χ0n) is 11.3. The van der Waals surface area contributed by atoms with Crippen LogP contribution >= 0.6 is 11.6 Å². The predicted molar refractivity (Wildman–Crippen MR) is 71.0 cm³/mol. The summed E-state index contributed by atoms with van der Waals surface area (Å²) < 4.78 is 6.88. The third-order valence-corrected chi connectivity index (χ3v) is 2.87. The highest BCUT2D eigenvalue weighted by molar-refractivity contribution is 6.34. The van der Waals surface area contributed by atoms with Crippen LogP contribution in [0.4, 0.5) is 0 Å². The van der Waals surface area contributed by atoms with E-state index in [1.807, 2.05) is 13.8 Å². The van der Waals surface area contributed by atoms with Crippen molar-refractivity contribution >= 4 is 17.5 Å². The molecule has 1 heterocycles. The molecule has 0 fully saturated rings. The number of aromatic nitrogens is 2. The molecule has 1 aromatic rings. The van der Waals surface area contributed by atoms with Gasteiger partial charge in [-0.3, -0.25) is 9.48 Å². The zero-order chi connectivity index (χ0) is 13.7. The van der Waals surface area contributed by atoms with Crippen LogP contribution in [-0.4, -0.2) is 34.9 Å². The Balaban J connectivity index is 2.41. The summed E-state index contributed by atoms with van der Waals surface area (Å²) in [6.07, 6.45) is 0.994. The Bertz CT molecular complexity index is 416. The van der Waals surface area contributed by atoms with E-state index in [0.717, 1.165) is 6.42 Å². The van der Waals surface area contributed by atoms with Crippen LogP contribution in [0, 0.1) is 6.92 Å². The number of rotatable bonds is 6. The van der Waals surface area contributed by atoms with Crippen molar-refractivity contribution in [2.45, 2.75) is 33.3 Å². The summed E-state index contributed by atoms with van der Waals surface area (Å²) >= 11 is 6.02. The van der Waals surface area contributed by atoms with Crippen LogP contribution in [0.15, 0.2) is 0 Å². The molecule has 18 heavy (non-hydrogen) atoms. The second-order valence-corrected chi connectivity index (χ2v) is 4.78. The van der Waals surface area contributed by atoms with Gasteiger partial charge < -0.3 is 10.1 Å². The molecule has 0 atom stereocenters. The van der Waals surface area contributed by atoms with Gasteiger partial charge >= 0.3 is 0 Å². The number of nitrogens with zero attached hydrogens (tertiary/aromatic N) is 2. The zero-order valence-corrected chi connectivity index (χ0v) is 12.0. The number of nitrogens with one attached hydrogen (secondary N) is 1. The van der Waals surface area contributed by atoms with Gasteiger partial charge in [-0.2, -0.15) is 5.10 Å². The molecule has 5 nitrogen and oxygen atoms in total. The van der Waals surface area contributed by atoms with E-state index in [9.17, 15) is 4.79 Å². The molecule has 0 radical (unpaired) electrons. The maximum absolute atomic E-state index is 11.9. The average Bonchev–Trinajstić information content (AvgIpc) is 2.52. The van der Waals surface area contributed by atoms with Crippen LogP contribution in [0.25, 0.3) is 0 Å². The Labute approximate surface area is 112 Å². The van der Waals surface area contributed by atoms with Crippen LogP contribution in [-0.2, 0) is 11.8 Å². The lowest BCUT2D eigenvalue weighted by atomic mass is 10.3. The van der Waals surface area contributed by atoms with Crippen molar-refractivity contribution < 1.29 is 9.53 Å². The molecule has 0 saturated carbocycles. The van der Waals surface area contributed by atoms with Crippen molar-refractivity contribution in [3.8, 4) is 0 Å². The summed E-state index contributed by atoms with van der Waals surface area (Å²) in [5.74, 6) is -0.201. The van der Waals surface area contributed by atoms with E-state index in [4.69, 9.17) is 16.3 Å². The predicted octanol–water partition coefficient (Wildman–Crippen LogP) is 1.93. The molecular weight excluding hydrogens is 254 g/mol. The van der Waals surface area contributed by atoms with Gasteiger partial charge in [0.05, 0.1) is 16.8 Å². The summed E-state index contributed by atoms with van der Waals surface area (Å²) in [4.78, 5) is 11.9. The Morgan fingerprint density at radius 1 is 1.56 bits per heavy atom. The molecule has 1 amide bonds. The van der Waals surface area contributed by atoms with E-state index < -0.39 is 0 Å². The van der Waals surface area contributed by atoms with Crippen molar-refractivity contribution in [3.05, 3.63) is 16.4 Å². The van der Waals surface area contributed by atoms with E-state index >= 15 is 0 Å². The first-order valence-electron chi connectivity index (χ1n) is 6.02. The molecule has 1 rings (SSSR count). The lowest BCUT2D eigenvalue weighted by Crippen LogP contribution is -2.27. The van der Waals surface area contributed by atoms with E-state index in [1.54, 1.807) is 14.0 Å². The van der Waals surface area contributed by atoms with E-state index in [-0.39, 0.29) is 12.0 Å². The molecule has 0 unspecified atom stereocenters. The van der Waals surface area contributed by atoms with Gasteiger partial charge in [-0.05, 0) is 27.2 Å². The molecule has 1 aromatic heterocycles. The Hall–Kier alpha value is -1.07. The fourth-order valence-electron chi connectivity index (χ4n) is 1.56. The van der Waals surface area contributed by atoms with Gasteiger partial charge in [0.1, 0.15) is 5.69 Å². The summed E-state index contributed by atoms with van der Waals surface area (Å²) in [5.41, 5.74) is 1.06. The number of aryl methyl sites for hydroxylation is 2. The minimum absolute atomic E-state index is 0.201. The molecule has 0 aromatic carbocycles. The second-order valence-electron chi connectivity index (χ2n) is 4.40. The average molecular weight is 274 g/mol. The van der Waals surface area contributed by atoms with E-state index in [0.29, 0.717) is 29.6 Å². The van der Waals surface area contributed by atoms with Crippen LogP contribution in [0.3, 0.4) is 0 Å². The second kappa shape index (κ2) is 6.75. The minimum atomic E-state index is -0.201. The number of ether oxygens (including phenoxy) is 1. The largest absolute Gasteiger partial charge is 0.379 e. The number of carbonyl (C=O) groups is 1. The fourth-order valence-corrected chi connectivity index (χ4v) is 1.80. The van der Waals surface area contributed by atoms with Crippen molar-refractivity contribution in [1.29, 1.82) is 0 Å². The lowest BCUT2D eigenvalue weighted by Gasteiger charge is -2.08. The van der Waals surface area contributed by atoms with Gasteiger partial charge in [-0.15, -0.1) is 0 Å². The number of amides is 1. The third kappa shape index (κ3) is 3.99. The number of hydrogen-bond acceptors (Lipinski definition) is 3. The summed E-state index contributed by atoms with van der Waals surface area (Å²) in [6.45, 7) is 6.94. The quantitative estimate of drug-likeness (QED) is 0.806. The molecule has 0 aliphatic carbocycles. The molecule has 0 aliphatic heterocycles. The Morgan fingerprint density at radius 3 is 2.72 bits per heavy atom. The smallest absolute Gasteiger partial charge is 0.271 e. The number of halogens is 1. The summed E-state index contributed by atoms with van der Waals surface area (Å²) in [7, 11) is 1.70. The topological polar surface area (TPSA) is 56.2 Å². The monoisotopic (exact) mass is 273 g/mol. The van der Waals surface area contributed by atoms with Gasteiger partial charge in [0, 0.05) is 20.2 Å². The Morgan fingerprint density at radius 2 is 2.22 bits per heavy atom. The fraction of sp³-hybridized carbons (Fsp3) is 0.667. The highest BCUT2D eigenvalue weighted by atomic mass is 35.5. The van der Waals surface area contributed by atoms with Crippen molar-refractivity contribution in [2.24, 2.45) is 7.05 Å². The van der Waals surface area contributed by atoms with Gasteiger partial charge in [0.2, 0.25) is 0 Å². The maximum Gasteiger partial charge on any atom is 0.271 e. The normalized spacial score (nSPS) is 11.0. The summed E-state index contributed by atoms with van der Waals surface area (Å²) in [6, 6.07) is 0. The van der Waals surface area contributed by atoms with E-state index in [1.165, 1.54) is 4.68 Å². The minimum Gasteiger partial charge on any atom is -0.379 e. The molecule has 1 N–H and O–H groups in total. The molecule has 0 spiro atoms. The number of carbonyl (C=O) groups excluding carboxylic acids is 1. The molecule has 102 valence electrons. The molecule has 0 saturated heterocycles. The van der Waals surface area contributed by atoms with Gasteiger partial charge in [-0.25, -0.2) is 0 Å². The molecular formula is C12H20ClN3O2. The van der Waals surface area contributed by atoms with Gasteiger partial charge in [0.25, 0.3) is 5.91 Å². The standard InChI is InChI=1S/C12H20ClN3O2/c1-8(2)18-7-5-6-14-12(17)11-10(13)9(3)15-16(11)4/h8H,5-7H2,1-4H3,(H,14,17). The highest BCUT2D eigenvalue weighted by Crippen LogP contribution is 2.18. The molecule has 0 bridgehead atoms. The Kier molecular flexibility index (Phi) is 5.62. The van der Waals surface area contributed by atoms with Crippen LogP contribution < -0.4 is 5.32 Å². The van der Waals surface area contributed by atoms with Crippen molar-refractivity contribution in [1.82, 2.24) is 15.1 Å². The highest BCUT2D eigenvalue weighted by Gasteiger charge is 2.17. The van der Waals surface area contributed by atoms with Crippen molar-refractivity contribution in [2.75, 3.05) is 13.2 Å². The molecule has 0 aliphatic rings. The SMILES string of the molecule is Cc1nn(C)c(C(=O)NCCCOC(C)C)c1Cl. The lowest BCUT2D eigenvalue weighted by molar-refractivity contribution is 0.0756. The van der Waals surface area contributed by atoms with Crippen molar-refractivity contribution in [3.63, 3.8) is 0 Å². The van der Waals surface area contributed by atoms with Gasteiger partial charge in [0.15, 0.2) is 0 Å². The maximum atomic E-state index is 11.9. The first kappa shape index (κ1) is 15.0. The van der Waals surface area contributed by atoms with E-state index in [2.05, 4.69) is 10.4 Å².